The molecule has 0 N–H and O–H groups in total. The predicted octanol–water partition coefficient (Wildman–Crippen LogP) is 5.48. The molecule has 0 saturated heterocycles. The Morgan fingerprint density at radius 1 is 0.667 bits per heavy atom. The van der Waals surface area contributed by atoms with Crippen molar-refractivity contribution in [1.29, 1.82) is 0 Å². The Morgan fingerprint density at radius 3 is 1.78 bits per heavy atom. The lowest BCUT2D eigenvalue weighted by atomic mass is 9.79. The fraction of sp³-hybridized carbons (Fsp3) is 0.120. The minimum atomic E-state index is -0.456. The Morgan fingerprint density at radius 2 is 1.19 bits per heavy atom. The molecule has 0 fully saturated rings. The molecule has 4 rings (SSSR count). The molecule has 0 heterocycles. The molecule has 0 aromatic heterocycles. The monoisotopic (exact) mass is 352 g/mol. The zero-order chi connectivity index (χ0) is 18.6. The number of hydrogen-bond donors (Lipinski definition) is 0. The summed E-state index contributed by atoms with van der Waals surface area (Å²) in [5.74, 6) is -0.509. The molecule has 0 bridgehead atoms. The highest BCUT2D eigenvalue weighted by atomic mass is 16.1. The van der Waals surface area contributed by atoms with E-state index in [9.17, 15) is 9.59 Å². The first kappa shape index (κ1) is 17.2. The van der Waals surface area contributed by atoms with Crippen molar-refractivity contribution in [2.24, 2.45) is 5.92 Å². The number of carbonyl (C=O) groups excluding carboxylic acids is 2. The van der Waals surface area contributed by atoms with E-state index in [0.717, 1.165) is 5.56 Å². The van der Waals surface area contributed by atoms with Gasteiger partial charge in [0.2, 0.25) is 0 Å². The van der Waals surface area contributed by atoms with E-state index in [-0.39, 0.29) is 17.5 Å². The molecule has 0 unspecified atom stereocenters. The van der Waals surface area contributed by atoms with Crippen molar-refractivity contribution in [3.63, 3.8) is 0 Å². The summed E-state index contributed by atoms with van der Waals surface area (Å²) in [7, 11) is 0. The van der Waals surface area contributed by atoms with Crippen molar-refractivity contribution >= 4 is 11.6 Å². The third-order valence-corrected chi connectivity index (χ3v) is 5.20. The fourth-order valence-corrected chi connectivity index (χ4v) is 3.86. The standard InChI is InChI=1S/C25H20O2/c26-24(19-12-6-2-7-13-19)22-17-16-21(18-10-4-1-5-11-18)23(22)25(27)20-14-8-3-9-15-20/h1-15,17,21,23H,16H2/t21-,23-/m0/s1. The molecule has 2 heteroatoms. The van der Waals surface area contributed by atoms with Crippen molar-refractivity contribution in [2.75, 3.05) is 0 Å². The van der Waals surface area contributed by atoms with E-state index in [1.807, 2.05) is 97.1 Å². The Bertz CT molecular complexity index is 973. The lowest BCUT2D eigenvalue weighted by Crippen LogP contribution is -2.24. The van der Waals surface area contributed by atoms with E-state index in [2.05, 4.69) is 0 Å². The maximum atomic E-state index is 13.4. The number of allylic oxidation sites excluding steroid dienone is 2. The summed E-state index contributed by atoms with van der Waals surface area (Å²) in [6.07, 6.45) is 2.65. The second kappa shape index (κ2) is 7.55. The molecular formula is C25H20O2. The van der Waals surface area contributed by atoms with Crippen LogP contribution in [-0.4, -0.2) is 11.6 Å². The maximum Gasteiger partial charge on any atom is 0.189 e. The van der Waals surface area contributed by atoms with Gasteiger partial charge in [-0.1, -0.05) is 97.1 Å². The van der Waals surface area contributed by atoms with Gasteiger partial charge in [-0.15, -0.1) is 0 Å². The van der Waals surface area contributed by atoms with Crippen LogP contribution >= 0.6 is 0 Å². The highest BCUT2D eigenvalue weighted by Gasteiger charge is 2.39. The summed E-state index contributed by atoms with van der Waals surface area (Å²) in [5.41, 5.74) is 2.99. The molecule has 0 aliphatic heterocycles. The third kappa shape index (κ3) is 3.39. The summed E-state index contributed by atoms with van der Waals surface area (Å²) >= 11 is 0. The van der Waals surface area contributed by atoms with Crippen LogP contribution in [0.1, 0.15) is 38.6 Å². The van der Waals surface area contributed by atoms with Crippen molar-refractivity contribution in [3.05, 3.63) is 119 Å². The second-order valence-electron chi connectivity index (χ2n) is 6.82. The molecule has 2 atom stereocenters. The number of ketones is 2. The molecule has 2 nitrogen and oxygen atoms in total. The molecule has 1 aliphatic carbocycles. The Kier molecular flexibility index (Phi) is 4.80. The number of Topliss-reactive ketones (excluding diaryl/α,β-unsaturated/α-hetero) is 2. The van der Waals surface area contributed by atoms with Crippen molar-refractivity contribution in [2.45, 2.75) is 12.3 Å². The van der Waals surface area contributed by atoms with Gasteiger partial charge in [0.05, 0.1) is 5.92 Å². The molecule has 1 aliphatic rings. The van der Waals surface area contributed by atoms with Crippen LogP contribution in [0.5, 0.6) is 0 Å². The number of rotatable bonds is 5. The van der Waals surface area contributed by atoms with Gasteiger partial charge in [-0.2, -0.15) is 0 Å². The lowest BCUT2D eigenvalue weighted by molar-refractivity contribution is 0.0899. The minimum absolute atomic E-state index is 0.0116. The lowest BCUT2D eigenvalue weighted by Gasteiger charge is -2.22. The quantitative estimate of drug-likeness (QED) is 0.570. The van der Waals surface area contributed by atoms with Gasteiger partial charge >= 0.3 is 0 Å². The maximum absolute atomic E-state index is 13.4. The van der Waals surface area contributed by atoms with Crippen LogP contribution < -0.4 is 0 Å². The van der Waals surface area contributed by atoms with E-state index >= 15 is 0 Å². The van der Waals surface area contributed by atoms with Crippen LogP contribution in [0.4, 0.5) is 0 Å². The normalized spacial score (nSPS) is 18.7. The molecule has 27 heavy (non-hydrogen) atoms. The van der Waals surface area contributed by atoms with E-state index in [1.165, 1.54) is 0 Å². The SMILES string of the molecule is O=C(C1=CC[C@@H](c2ccccc2)[C@@H]1C(=O)c1ccccc1)c1ccccc1. The topological polar surface area (TPSA) is 34.1 Å². The second-order valence-corrected chi connectivity index (χ2v) is 6.82. The van der Waals surface area contributed by atoms with Gasteiger partial charge in [0.25, 0.3) is 0 Å². The fourth-order valence-electron chi connectivity index (χ4n) is 3.86. The van der Waals surface area contributed by atoms with Gasteiger partial charge in [-0.25, -0.2) is 0 Å². The smallest absolute Gasteiger partial charge is 0.189 e. The summed E-state index contributed by atoms with van der Waals surface area (Å²) in [4.78, 5) is 26.5. The molecule has 0 spiro atoms. The van der Waals surface area contributed by atoms with Gasteiger partial charge in [-0.05, 0) is 12.0 Å². The van der Waals surface area contributed by atoms with Crippen LogP contribution in [0.2, 0.25) is 0 Å². The van der Waals surface area contributed by atoms with Gasteiger partial charge < -0.3 is 0 Å². The Labute approximate surface area is 159 Å². The average Bonchev–Trinajstić information content (AvgIpc) is 3.19. The number of benzene rings is 3. The number of carbonyl (C=O) groups is 2. The molecule has 3 aromatic rings. The first-order chi connectivity index (χ1) is 13.3. The van der Waals surface area contributed by atoms with Crippen LogP contribution in [0.15, 0.2) is 103 Å². The van der Waals surface area contributed by atoms with Gasteiger partial charge in [0.15, 0.2) is 11.6 Å². The van der Waals surface area contributed by atoms with Crippen LogP contribution in [0.25, 0.3) is 0 Å². The zero-order valence-electron chi connectivity index (χ0n) is 14.9. The summed E-state index contributed by atoms with van der Waals surface area (Å²) in [6.45, 7) is 0. The first-order valence-corrected chi connectivity index (χ1v) is 9.19. The first-order valence-electron chi connectivity index (χ1n) is 9.19. The highest BCUT2D eigenvalue weighted by Crippen LogP contribution is 2.42. The minimum Gasteiger partial charge on any atom is -0.293 e. The van der Waals surface area contributed by atoms with Crippen molar-refractivity contribution < 1.29 is 9.59 Å². The van der Waals surface area contributed by atoms with Gasteiger partial charge in [0, 0.05) is 22.6 Å². The van der Waals surface area contributed by atoms with E-state index in [4.69, 9.17) is 0 Å². The Hall–Kier alpha value is -3.26. The molecule has 0 amide bonds. The molecule has 0 radical (unpaired) electrons. The predicted molar refractivity (Wildman–Crippen MR) is 107 cm³/mol. The van der Waals surface area contributed by atoms with Gasteiger partial charge in [0.1, 0.15) is 0 Å². The summed E-state index contributed by atoms with van der Waals surface area (Å²) < 4.78 is 0. The molecule has 3 aromatic carbocycles. The van der Waals surface area contributed by atoms with Crippen LogP contribution in [0.3, 0.4) is 0 Å². The largest absolute Gasteiger partial charge is 0.293 e. The van der Waals surface area contributed by atoms with E-state index in [1.54, 1.807) is 0 Å². The van der Waals surface area contributed by atoms with Crippen LogP contribution in [-0.2, 0) is 0 Å². The number of hydrogen-bond acceptors (Lipinski definition) is 2. The van der Waals surface area contributed by atoms with Gasteiger partial charge in [-0.3, -0.25) is 9.59 Å². The Balaban J connectivity index is 1.74. The summed E-state index contributed by atoms with van der Waals surface area (Å²) in [5, 5.41) is 0. The van der Waals surface area contributed by atoms with Crippen LogP contribution in [0, 0.1) is 5.92 Å². The molecular weight excluding hydrogens is 332 g/mol. The van der Waals surface area contributed by atoms with E-state index in [0.29, 0.717) is 23.1 Å². The molecule has 132 valence electrons. The average molecular weight is 352 g/mol. The van der Waals surface area contributed by atoms with Crippen molar-refractivity contribution in [3.8, 4) is 0 Å². The summed E-state index contributed by atoms with van der Waals surface area (Å²) in [6, 6.07) is 28.5. The van der Waals surface area contributed by atoms with E-state index < -0.39 is 5.92 Å². The van der Waals surface area contributed by atoms with Crippen molar-refractivity contribution in [1.82, 2.24) is 0 Å². The highest BCUT2D eigenvalue weighted by molar-refractivity contribution is 6.15. The zero-order valence-corrected chi connectivity index (χ0v) is 14.9. The molecule has 0 saturated carbocycles. The third-order valence-electron chi connectivity index (χ3n) is 5.20.